The Hall–Kier alpha value is -2.00. The molecule has 3 N–H and O–H groups in total. The van der Waals surface area contributed by atoms with Gasteiger partial charge in [0.25, 0.3) is 5.91 Å². The fourth-order valence-electron chi connectivity index (χ4n) is 2.38. The van der Waals surface area contributed by atoms with Crippen molar-refractivity contribution in [3.05, 3.63) is 64.7 Å². The standard InChI is InChI=1S/C20H25ClN4O2.HI/c1-3-22-20(25-14-15-7-6-8-16(13-15)27-2)24-12-11-23-19(26)17-9-4-5-10-18(17)21;/h4-10,13H,3,11-12,14H2,1-2H3,(H,23,26)(H2,22,24,25);1H. The van der Waals surface area contributed by atoms with Gasteiger partial charge >= 0.3 is 0 Å². The van der Waals surface area contributed by atoms with E-state index in [0.717, 1.165) is 17.9 Å². The third-order valence-corrected chi connectivity index (χ3v) is 4.05. The summed E-state index contributed by atoms with van der Waals surface area (Å²) < 4.78 is 5.23. The normalized spacial score (nSPS) is 10.6. The number of methoxy groups -OCH3 is 1. The maximum atomic E-state index is 12.1. The van der Waals surface area contributed by atoms with E-state index in [1.807, 2.05) is 31.2 Å². The predicted molar refractivity (Wildman–Crippen MR) is 125 cm³/mol. The highest BCUT2D eigenvalue weighted by atomic mass is 127. The van der Waals surface area contributed by atoms with Crippen molar-refractivity contribution in [3.8, 4) is 5.75 Å². The third-order valence-electron chi connectivity index (χ3n) is 3.72. The SMILES string of the molecule is CCNC(=NCc1cccc(OC)c1)NCCNC(=O)c1ccccc1Cl.I. The van der Waals surface area contributed by atoms with Crippen LogP contribution in [0.5, 0.6) is 5.75 Å². The van der Waals surface area contributed by atoms with Crippen LogP contribution >= 0.6 is 35.6 Å². The van der Waals surface area contributed by atoms with Gasteiger partial charge in [-0.2, -0.15) is 0 Å². The summed E-state index contributed by atoms with van der Waals surface area (Å²) in [5, 5.41) is 9.67. The van der Waals surface area contributed by atoms with Crippen LogP contribution < -0.4 is 20.7 Å². The van der Waals surface area contributed by atoms with Crippen LogP contribution in [0.3, 0.4) is 0 Å². The summed E-state index contributed by atoms with van der Waals surface area (Å²) in [5.74, 6) is 1.30. The fourth-order valence-corrected chi connectivity index (χ4v) is 2.60. The first-order valence-electron chi connectivity index (χ1n) is 8.82. The van der Waals surface area contributed by atoms with Crippen LogP contribution in [0.15, 0.2) is 53.5 Å². The maximum Gasteiger partial charge on any atom is 0.252 e. The molecule has 0 unspecified atom stereocenters. The Balaban J connectivity index is 0.00000392. The van der Waals surface area contributed by atoms with Gasteiger partial charge in [-0.1, -0.05) is 35.9 Å². The summed E-state index contributed by atoms with van der Waals surface area (Å²) in [6, 6.07) is 14.8. The number of nitrogens with zero attached hydrogens (tertiary/aromatic N) is 1. The quantitative estimate of drug-likeness (QED) is 0.217. The first-order valence-corrected chi connectivity index (χ1v) is 9.19. The van der Waals surface area contributed by atoms with E-state index in [4.69, 9.17) is 16.3 Å². The Morgan fingerprint density at radius 2 is 1.82 bits per heavy atom. The molecule has 0 aliphatic rings. The molecule has 0 spiro atoms. The number of halogens is 2. The lowest BCUT2D eigenvalue weighted by atomic mass is 10.2. The fraction of sp³-hybridized carbons (Fsp3) is 0.300. The summed E-state index contributed by atoms with van der Waals surface area (Å²) in [7, 11) is 1.64. The Morgan fingerprint density at radius 3 is 2.54 bits per heavy atom. The Morgan fingerprint density at radius 1 is 1.07 bits per heavy atom. The van der Waals surface area contributed by atoms with Gasteiger partial charge in [0.05, 0.1) is 24.2 Å². The van der Waals surface area contributed by atoms with Crippen molar-refractivity contribution in [2.45, 2.75) is 13.5 Å². The van der Waals surface area contributed by atoms with E-state index in [9.17, 15) is 4.79 Å². The molecule has 1 amide bonds. The number of aliphatic imine (C=N–C) groups is 1. The number of benzene rings is 2. The van der Waals surface area contributed by atoms with Crippen LogP contribution in [-0.4, -0.2) is 38.6 Å². The van der Waals surface area contributed by atoms with Crippen molar-refractivity contribution in [3.63, 3.8) is 0 Å². The van der Waals surface area contributed by atoms with Gasteiger partial charge in [0.2, 0.25) is 0 Å². The Kier molecular flexibility index (Phi) is 11.4. The summed E-state index contributed by atoms with van der Waals surface area (Å²) in [6.07, 6.45) is 0. The molecule has 0 aliphatic heterocycles. The van der Waals surface area contributed by atoms with E-state index in [1.165, 1.54) is 0 Å². The molecule has 0 saturated carbocycles. The Labute approximate surface area is 188 Å². The molecule has 0 aliphatic carbocycles. The molecule has 0 radical (unpaired) electrons. The molecule has 152 valence electrons. The molecule has 0 atom stereocenters. The summed E-state index contributed by atoms with van der Waals surface area (Å²) in [4.78, 5) is 16.7. The van der Waals surface area contributed by atoms with Crippen LogP contribution in [0.25, 0.3) is 0 Å². The number of hydrogen-bond donors (Lipinski definition) is 3. The number of rotatable bonds is 8. The highest BCUT2D eigenvalue weighted by Crippen LogP contribution is 2.14. The van der Waals surface area contributed by atoms with E-state index in [1.54, 1.807) is 31.4 Å². The number of ether oxygens (including phenoxy) is 1. The van der Waals surface area contributed by atoms with Crippen molar-refractivity contribution >= 4 is 47.4 Å². The second-order valence-electron chi connectivity index (χ2n) is 5.71. The van der Waals surface area contributed by atoms with Gasteiger partial charge in [-0.3, -0.25) is 4.79 Å². The van der Waals surface area contributed by atoms with Crippen molar-refractivity contribution in [2.24, 2.45) is 4.99 Å². The van der Waals surface area contributed by atoms with Gasteiger partial charge < -0.3 is 20.7 Å². The average molecular weight is 517 g/mol. The summed E-state index contributed by atoms with van der Waals surface area (Å²) in [5.41, 5.74) is 1.52. The number of carbonyl (C=O) groups is 1. The van der Waals surface area contributed by atoms with Gasteiger partial charge in [0, 0.05) is 19.6 Å². The summed E-state index contributed by atoms with van der Waals surface area (Å²) >= 11 is 6.03. The van der Waals surface area contributed by atoms with E-state index in [-0.39, 0.29) is 29.9 Å². The molecule has 0 aromatic heterocycles. The van der Waals surface area contributed by atoms with Crippen LogP contribution in [0.4, 0.5) is 0 Å². The average Bonchev–Trinajstić information content (AvgIpc) is 2.69. The van der Waals surface area contributed by atoms with E-state index >= 15 is 0 Å². The second-order valence-corrected chi connectivity index (χ2v) is 6.12. The zero-order valence-electron chi connectivity index (χ0n) is 16.0. The number of hydrogen-bond acceptors (Lipinski definition) is 3. The zero-order chi connectivity index (χ0) is 19.5. The first-order chi connectivity index (χ1) is 13.1. The number of carbonyl (C=O) groups excluding carboxylic acids is 1. The van der Waals surface area contributed by atoms with Gasteiger partial charge in [0.15, 0.2) is 5.96 Å². The lowest BCUT2D eigenvalue weighted by molar-refractivity contribution is 0.0954. The van der Waals surface area contributed by atoms with Crippen molar-refractivity contribution in [2.75, 3.05) is 26.7 Å². The molecule has 0 heterocycles. The van der Waals surface area contributed by atoms with Crippen molar-refractivity contribution in [1.29, 1.82) is 0 Å². The van der Waals surface area contributed by atoms with Crippen LogP contribution in [0, 0.1) is 0 Å². The van der Waals surface area contributed by atoms with Crippen molar-refractivity contribution in [1.82, 2.24) is 16.0 Å². The predicted octanol–water partition coefficient (Wildman–Crippen LogP) is 3.45. The highest BCUT2D eigenvalue weighted by Gasteiger charge is 2.08. The molecule has 2 rings (SSSR count). The van der Waals surface area contributed by atoms with Crippen LogP contribution in [-0.2, 0) is 6.54 Å². The smallest absolute Gasteiger partial charge is 0.252 e. The highest BCUT2D eigenvalue weighted by molar-refractivity contribution is 14.0. The molecule has 28 heavy (non-hydrogen) atoms. The van der Waals surface area contributed by atoms with E-state index < -0.39 is 0 Å². The molecule has 2 aromatic rings. The van der Waals surface area contributed by atoms with Gasteiger partial charge in [-0.05, 0) is 36.8 Å². The molecule has 6 nitrogen and oxygen atoms in total. The van der Waals surface area contributed by atoms with Gasteiger partial charge in [-0.25, -0.2) is 4.99 Å². The largest absolute Gasteiger partial charge is 0.497 e. The third kappa shape index (κ3) is 7.93. The molecule has 0 saturated heterocycles. The monoisotopic (exact) mass is 516 g/mol. The van der Waals surface area contributed by atoms with Crippen molar-refractivity contribution < 1.29 is 9.53 Å². The second kappa shape index (κ2) is 13.2. The number of nitrogens with one attached hydrogen (secondary N) is 3. The molecule has 2 aromatic carbocycles. The number of guanidine groups is 1. The molecule has 0 fully saturated rings. The minimum Gasteiger partial charge on any atom is -0.497 e. The molecule has 8 heteroatoms. The van der Waals surface area contributed by atoms with Gasteiger partial charge in [0.1, 0.15) is 5.75 Å². The Bertz CT molecular complexity index is 786. The zero-order valence-corrected chi connectivity index (χ0v) is 19.1. The molecular weight excluding hydrogens is 491 g/mol. The maximum absolute atomic E-state index is 12.1. The van der Waals surface area contributed by atoms with E-state index in [2.05, 4.69) is 20.9 Å². The number of amides is 1. The summed E-state index contributed by atoms with van der Waals surface area (Å²) in [6.45, 7) is 4.27. The van der Waals surface area contributed by atoms with Crippen LogP contribution in [0.1, 0.15) is 22.8 Å². The topological polar surface area (TPSA) is 74.8 Å². The molecular formula is C20H26ClIN4O2. The van der Waals surface area contributed by atoms with Gasteiger partial charge in [-0.15, -0.1) is 24.0 Å². The minimum atomic E-state index is -0.194. The molecule has 0 bridgehead atoms. The minimum absolute atomic E-state index is 0. The lowest BCUT2D eigenvalue weighted by Crippen LogP contribution is -2.41. The van der Waals surface area contributed by atoms with E-state index in [0.29, 0.717) is 36.2 Å². The first kappa shape index (κ1) is 24.0. The van der Waals surface area contributed by atoms with Crippen LogP contribution in [0.2, 0.25) is 5.02 Å². The lowest BCUT2D eigenvalue weighted by Gasteiger charge is -2.12.